The van der Waals surface area contributed by atoms with E-state index < -0.39 is 0 Å². The van der Waals surface area contributed by atoms with E-state index in [4.69, 9.17) is 11.6 Å². The van der Waals surface area contributed by atoms with Gasteiger partial charge in [-0.3, -0.25) is 0 Å². The van der Waals surface area contributed by atoms with Gasteiger partial charge >= 0.3 is 0 Å². The number of rotatable bonds is 3. The fraction of sp³-hybridized carbons (Fsp3) is 0.500. The van der Waals surface area contributed by atoms with Crippen molar-refractivity contribution in [2.45, 2.75) is 13.8 Å². The summed E-state index contributed by atoms with van der Waals surface area (Å²) in [5.41, 5.74) is 0. The number of nitrogens with zero attached hydrogens (tertiary/aromatic N) is 2. The van der Waals surface area contributed by atoms with Gasteiger partial charge in [0.1, 0.15) is 5.82 Å². The van der Waals surface area contributed by atoms with Crippen LogP contribution in [0.25, 0.3) is 0 Å². The highest BCUT2D eigenvalue weighted by molar-refractivity contribution is 9.10. The van der Waals surface area contributed by atoms with Gasteiger partial charge in [-0.05, 0) is 27.9 Å². The zero-order valence-electron chi connectivity index (χ0n) is 8.59. The minimum Gasteiger partial charge on any atom is -0.358 e. The Kier molecular flexibility index (Phi) is 4.20. The van der Waals surface area contributed by atoms with Crippen LogP contribution < -0.4 is 4.90 Å². The van der Waals surface area contributed by atoms with Crippen LogP contribution in [0.1, 0.15) is 13.8 Å². The summed E-state index contributed by atoms with van der Waals surface area (Å²) in [6.07, 6.45) is 1.76. The van der Waals surface area contributed by atoms with Crippen LogP contribution in [0.3, 0.4) is 0 Å². The smallest absolute Gasteiger partial charge is 0.147 e. The van der Waals surface area contributed by atoms with Crippen LogP contribution in [0.5, 0.6) is 0 Å². The molecule has 0 spiro atoms. The molecule has 0 fully saturated rings. The second-order valence-electron chi connectivity index (χ2n) is 3.73. The molecule has 1 aromatic rings. The van der Waals surface area contributed by atoms with E-state index >= 15 is 0 Å². The maximum absolute atomic E-state index is 6.07. The Hall–Kier alpha value is -0.280. The van der Waals surface area contributed by atoms with Crippen LogP contribution in [0.4, 0.5) is 5.82 Å². The van der Waals surface area contributed by atoms with Crippen molar-refractivity contribution in [1.29, 1.82) is 0 Å². The molecule has 0 N–H and O–H groups in total. The molecular formula is C10H14BrClN2. The Morgan fingerprint density at radius 1 is 1.57 bits per heavy atom. The Bertz CT molecular complexity index is 315. The SMILES string of the molecule is CC(C)CN(C)c1ncc(Br)cc1Cl. The number of pyridine rings is 1. The quantitative estimate of drug-likeness (QED) is 0.839. The van der Waals surface area contributed by atoms with Crippen molar-refractivity contribution >= 4 is 33.3 Å². The molecule has 1 heterocycles. The topological polar surface area (TPSA) is 16.1 Å². The lowest BCUT2D eigenvalue weighted by Gasteiger charge is -2.21. The van der Waals surface area contributed by atoms with Crippen LogP contribution in [0.2, 0.25) is 5.02 Å². The van der Waals surface area contributed by atoms with Crippen LogP contribution >= 0.6 is 27.5 Å². The molecular weight excluding hydrogens is 263 g/mol. The molecule has 1 aromatic heterocycles. The number of anilines is 1. The lowest BCUT2D eigenvalue weighted by Crippen LogP contribution is -2.23. The third kappa shape index (κ3) is 3.14. The highest BCUT2D eigenvalue weighted by Crippen LogP contribution is 2.25. The lowest BCUT2D eigenvalue weighted by molar-refractivity contribution is 0.634. The second kappa shape index (κ2) is 4.99. The Balaban J connectivity index is 2.84. The summed E-state index contributed by atoms with van der Waals surface area (Å²) in [5, 5.41) is 0.683. The maximum atomic E-state index is 6.07. The van der Waals surface area contributed by atoms with E-state index in [2.05, 4.69) is 39.7 Å². The molecule has 4 heteroatoms. The largest absolute Gasteiger partial charge is 0.358 e. The molecule has 2 nitrogen and oxygen atoms in total. The van der Waals surface area contributed by atoms with Gasteiger partial charge in [0.25, 0.3) is 0 Å². The highest BCUT2D eigenvalue weighted by Gasteiger charge is 2.09. The number of hydrogen-bond acceptors (Lipinski definition) is 2. The Labute approximate surface area is 98.4 Å². The van der Waals surface area contributed by atoms with Gasteiger partial charge < -0.3 is 4.90 Å². The van der Waals surface area contributed by atoms with E-state index in [0.29, 0.717) is 10.9 Å². The van der Waals surface area contributed by atoms with Crippen molar-refractivity contribution in [1.82, 2.24) is 4.98 Å². The van der Waals surface area contributed by atoms with Gasteiger partial charge in [-0.15, -0.1) is 0 Å². The summed E-state index contributed by atoms with van der Waals surface area (Å²) in [7, 11) is 2.00. The predicted octanol–water partition coefficient (Wildman–Crippen LogP) is 3.59. The summed E-state index contributed by atoms with van der Waals surface area (Å²) in [5.74, 6) is 1.44. The van der Waals surface area contributed by atoms with Gasteiger partial charge in [-0.1, -0.05) is 25.4 Å². The molecule has 0 unspecified atom stereocenters. The molecule has 0 saturated carbocycles. The summed E-state index contributed by atoms with van der Waals surface area (Å²) >= 11 is 9.40. The van der Waals surface area contributed by atoms with Crippen LogP contribution in [0, 0.1) is 5.92 Å². The summed E-state index contributed by atoms with van der Waals surface area (Å²) in [6.45, 7) is 5.29. The van der Waals surface area contributed by atoms with Crippen LogP contribution in [-0.4, -0.2) is 18.6 Å². The fourth-order valence-corrected chi connectivity index (χ4v) is 2.10. The molecule has 1 rings (SSSR count). The van der Waals surface area contributed by atoms with E-state index in [9.17, 15) is 0 Å². The van der Waals surface area contributed by atoms with Gasteiger partial charge in [-0.2, -0.15) is 0 Å². The van der Waals surface area contributed by atoms with Crippen LogP contribution in [0.15, 0.2) is 16.7 Å². The first-order valence-corrected chi connectivity index (χ1v) is 5.70. The first kappa shape index (κ1) is 11.8. The van der Waals surface area contributed by atoms with E-state index in [0.717, 1.165) is 16.8 Å². The molecule has 0 radical (unpaired) electrons. The summed E-state index contributed by atoms with van der Waals surface area (Å²) in [4.78, 5) is 6.35. The molecule has 0 aliphatic carbocycles. The third-order valence-electron chi connectivity index (χ3n) is 1.79. The summed E-state index contributed by atoms with van der Waals surface area (Å²) < 4.78 is 0.907. The average Bonchev–Trinajstić information content (AvgIpc) is 2.01. The average molecular weight is 278 g/mol. The summed E-state index contributed by atoms with van der Waals surface area (Å²) in [6, 6.07) is 1.86. The number of aromatic nitrogens is 1. The second-order valence-corrected chi connectivity index (χ2v) is 5.06. The molecule has 0 atom stereocenters. The minimum absolute atomic E-state index is 0.599. The van der Waals surface area contributed by atoms with Crippen LogP contribution in [-0.2, 0) is 0 Å². The van der Waals surface area contributed by atoms with E-state index in [-0.39, 0.29) is 0 Å². The van der Waals surface area contributed by atoms with Gasteiger partial charge in [0.05, 0.1) is 5.02 Å². The zero-order chi connectivity index (χ0) is 10.7. The van der Waals surface area contributed by atoms with Gasteiger partial charge in [0, 0.05) is 24.3 Å². The first-order chi connectivity index (χ1) is 6.50. The van der Waals surface area contributed by atoms with Crippen molar-refractivity contribution in [3.8, 4) is 0 Å². The normalized spacial score (nSPS) is 10.7. The van der Waals surface area contributed by atoms with Gasteiger partial charge in [-0.25, -0.2) is 4.98 Å². The number of halogens is 2. The first-order valence-electron chi connectivity index (χ1n) is 4.53. The molecule has 0 amide bonds. The van der Waals surface area contributed by atoms with E-state index in [1.165, 1.54) is 0 Å². The predicted molar refractivity (Wildman–Crippen MR) is 65.1 cm³/mol. The molecule has 0 aromatic carbocycles. The van der Waals surface area contributed by atoms with Gasteiger partial charge in [0.2, 0.25) is 0 Å². The van der Waals surface area contributed by atoms with E-state index in [1.807, 2.05) is 13.1 Å². The molecule has 14 heavy (non-hydrogen) atoms. The molecule has 0 aliphatic heterocycles. The molecule has 0 aliphatic rings. The van der Waals surface area contributed by atoms with Crippen molar-refractivity contribution in [3.63, 3.8) is 0 Å². The van der Waals surface area contributed by atoms with E-state index in [1.54, 1.807) is 6.20 Å². The molecule has 78 valence electrons. The minimum atomic E-state index is 0.599. The highest BCUT2D eigenvalue weighted by atomic mass is 79.9. The Morgan fingerprint density at radius 3 is 2.71 bits per heavy atom. The van der Waals surface area contributed by atoms with Gasteiger partial charge in [0.15, 0.2) is 0 Å². The monoisotopic (exact) mass is 276 g/mol. The molecule has 0 bridgehead atoms. The zero-order valence-corrected chi connectivity index (χ0v) is 10.9. The lowest BCUT2D eigenvalue weighted by atomic mass is 10.2. The van der Waals surface area contributed by atoms with Crippen molar-refractivity contribution in [2.75, 3.05) is 18.5 Å². The van der Waals surface area contributed by atoms with Crippen molar-refractivity contribution in [2.24, 2.45) is 5.92 Å². The third-order valence-corrected chi connectivity index (χ3v) is 2.50. The Morgan fingerprint density at radius 2 is 2.21 bits per heavy atom. The standard InChI is InChI=1S/C10H14BrClN2/c1-7(2)6-14(3)10-9(12)4-8(11)5-13-10/h4-5,7H,6H2,1-3H3. The fourth-order valence-electron chi connectivity index (χ4n) is 1.32. The maximum Gasteiger partial charge on any atom is 0.147 e. The number of hydrogen-bond donors (Lipinski definition) is 0. The van der Waals surface area contributed by atoms with Crippen molar-refractivity contribution in [3.05, 3.63) is 21.8 Å². The van der Waals surface area contributed by atoms with Crippen molar-refractivity contribution < 1.29 is 0 Å². The molecule has 0 saturated heterocycles.